The molecule has 0 spiro atoms. The van der Waals surface area contributed by atoms with Crippen molar-refractivity contribution in [2.24, 2.45) is 0 Å². The van der Waals surface area contributed by atoms with Crippen molar-refractivity contribution in [2.75, 3.05) is 32.0 Å². The van der Waals surface area contributed by atoms with Crippen molar-refractivity contribution in [3.05, 3.63) is 34.4 Å². The lowest BCUT2D eigenvalue weighted by Gasteiger charge is -2.07. The van der Waals surface area contributed by atoms with Crippen LogP contribution in [-0.4, -0.2) is 37.5 Å². The smallest absolute Gasteiger partial charge is 0.269 e. The Morgan fingerprint density at radius 2 is 1.85 bits per heavy atom. The van der Waals surface area contributed by atoms with Crippen molar-refractivity contribution in [2.45, 2.75) is 6.42 Å². The van der Waals surface area contributed by atoms with E-state index in [0.717, 1.165) is 5.69 Å². The molecule has 0 heterocycles. The highest BCUT2D eigenvalue weighted by Gasteiger charge is 2.03. The highest BCUT2D eigenvalue weighted by molar-refractivity contribution is 5.85. The summed E-state index contributed by atoms with van der Waals surface area (Å²) in [6, 6.07) is 6.16. The van der Waals surface area contributed by atoms with Gasteiger partial charge >= 0.3 is 0 Å². The Labute approximate surface area is 123 Å². The van der Waals surface area contributed by atoms with E-state index in [1.165, 1.54) is 12.1 Å². The number of nitro benzene ring substituents is 1. The van der Waals surface area contributed by atoms with Crippen LogP contribution in [0.25, 0.3) is 0 Å². The Morgan fingerprint density at radius 1 is 1.20 bits per heavy atom. The normalized spacial score (nSPS) is 9.45. The minimum Gasteiger partial charge on any atom is -0.383 e. The van der Waals surface area contributed by atoms with Gasteiger partial charge in [-0.2, -0.15) is 0 Å². The van der Waals surface area contributed by atoms with Gasteiger partial charge in [0.05, 0.1) is 4.92 Å². The number of carbonyl (C=O) groups is 1. The van der Waals surface area contributed by atoms with Gasteiger partial charge in [-0.05, 0) is 19.2 Å². The van der Waals surface area contributed by atoms with E-state index in [4.69, 9.17) is 0 Å². The van der Waals surface area contributed by atoms with Crippen LogP contribution in [0.5, 0.6) is 0 Å². The zero-order valence-electron chi connectivity index (χ0n) is 11.2. The molecule has 0 atom stereocenters. The SMILES string of the molecule is CNCCC(=O)NCCNc1ccc([N+](=O)[O-])cc1.Cl. The molecule has 0 bridgehead atoms. The number of amides is 1. The maximum atomic E-state index is 11.3. The molecule has 0 unspecified atom stereocenters. The van der Waals surface area contributed by atoms with Crippen LogP contribution in [0.1, 0.15) is 6.42 Å². The van der Waals surface area contributed by atoms with Gasteiger partial charge in [0, 0.05) is 43.9 Å². The van der Waals surface area contributed by atoms with Crippen molar-refractivity contribution in [3.8, 4) is 0 Å². The van der Waals surface area contributed by atoms with Crippen LogP contribution in [0, 0.1) is 10.1 Å². The van der Waals surface area contributed by atoms with Crippen LogP contribution in [-0.2, 0) is 4.79 Å². The molecule has 1 amide bonds. The lowest BCUT2D eigenvalue weighted by molar-refractivity contribution is -0.384. The van der Waals surface area contributed by atoms with Gasteiger partial charge in [-0.25, -0.2) is 0 Å². The van der Waals surface area contributed by atoms with E-state index in [2.05, 4.69) is 16.0 Å². The molecule has 0 saturated carbocycles. The molecule has 0 saturated heterocycles. The van der Waals surface area contributed by atoms with Gasteiger partial charge < -0.3 is 16.0 Å². The standard InChI is InChI=1S/C12H18N4O3.ClH/c1-13-7-6-12(17)15-9-8-14-10-2-4-11(5-3-10)16(18)19;/h2-5,13-14H,6-9H2,1H3,(H,15,17);1H. The van der Waals surface area contributed by atoms with E-state index >= 15 is 0 Å². The largest absolute Gasteiger partial charge is 0.383 e. The van der Waals surface area contributed by atoms with Gasteiger partial charge in [-0.1, -0.05) is 0 Å². The number of nitrogens with one attached hydrogen (secondary N) is 3. The third-order valence-electron chi connectivity index (χ3n) is 2.46. The molecular weight excluding hydrogens is 284 g/mol. The summed E-state index contributed by atoms with van der Waals surface area (Å²) in [5.41, 5.74) is 0.848. The highest BCUT2D eigenvalue weighted by atomic mass is 35.5. The van der Waals surface area contributed by atoms with Gasteiger partial charge in [0.25, 0.3) is 5.69 Å². The van der Waals surface area contributed by atoms with Crippen molar-refractivity contribution in [1.29, 1.82) is 0 Å². The summed E-state index contributed by atoms with van der Waals surface area (Å²) in [4.78, 5) is 21.3. The predicted octanol–water partition coefficient (Wildman–Crippen LogP) is 1.15. The van der Waals surface area contributed by atoms with Gasteiger partial charge in [0.2, 0.25) is 5.91 Å². The topological polar surface area (TPSA) is 96.3 Å². The van der Waals surface area contributed by atoms with Crippen LogP contribution in [0.2, 0.25) is 0 Å². The number of anilines is 1. The predicted molar refractivity (Wildman–Crippen MR) is 80.4 cm³/mol. The van der Waals surface area contributed by atoms with Crippen LogP contribution < -0.4 is 16.0 Å². The number of halogens is 1. The number of nitrogens with zero attached hydrogens (tertiary/aromatic N) is 1. The van der Waals surface area contributed by atoms with Gasteiger partial charge in [0.1, 0.15) is 0 Å². The monoisotopic (exact) mass is 302 g/mol. The molecule has 0 aromatic heterocycles. The number of benzene rings is 1. The molecule has 7 nitrogen and oxygen atoms in total. The Kier molecular flexibility index (Phi) is 9.06. The average molecular weight is 303 g/mol. The van der Waals surface area contributed by atoms with Gasteiger partial charge in [0.15, 0.2) is 0 Å². The molecule has 0 aliphatic carbocycles. The third-order valence-corrected chi connectivity index (χ3v) is 2.46. The Balaban J connectivity index is 0.00000361. The fourth-order valence-corrected chi connectivity index (χ4v) is 1.44. The second-order valence-electron chi connectivity index (χ2n) is 3.93. The van der Waals surface area contributed by atoms with Gasteiger partial charge in [-0.15, -0.1) is 12.4 Å². The summed E-state index contributed by atoms with van der Waals surface area (Å²) < 4.78 is 0. The maximum Gasteiger partial charge on any atom is 0.269 e. The number of hydrogen-bond donors (Lipinski definition) is 3. The highest BCUT2D eigenvalue weighted by Crippen LogP contribution is 2.14. The molecule has 0 aliphatic rings. The summed E-state index contributed by atoms with van der Waals surface area (Å²) in [5, 5.41) is 19.2. The first-order chi connectivity index (χ1) is 9.13. The minimum atomic E-state index is -0.439. The lowest BCUT2D eigenvalue weighted by atomic mass is 10.3. The molecule has 0 aliphatic heterocycles. The molecule has 1 rings (SSSR count). The van der Waals surface area contributed by atoms with E-state index in [-0.39, 0.29) is 24.0 Å². The second-order valence-corrected chi connectivity index (χ2v) is 3.93. The van der Waals surface area contributed by atoms with Crippen LogP contribution in [0.4, 0.5) is 11.4 Å². The number of hydrogen-bond acceptors (Lipinski definition) is 5. The summed E-state index contributed by atoms with van der Waals surface area (Å²) in [6.07, 6.45) is 0.452. The summed E-state index contributed by atoms with van der Waals surface area (Å²) in [5.74, 6) is -0.000139. The van der Waals surface area contributed by atoms with Crippen molar-refractivity contribution >= 4 is 29.7 Å². The minimum absolute atomic E-state index is 0. The van der Waals surface area contributed by atoms with Crippen molar-refractivity contribution in [1.82, 2.24) is 10.6 Å². The molecule has 20 heavy (non-hydrogen) atoms. The first kappa shape index (κ1) is 18.1. The first-order valence-corrected chi connectivity index (χ1v) is 6.03. The summed E-state index contributed by atoms with van der Waals surface area (Å²) in [6.45, 7) is 1.74. The summed E-state index contributed by atoms with van der Waals surface area (Å²) in [7, 11) is 1.80. The Morgan fingerprint density at radius 3 is 2.40 bits per heavy atom. The fourth-order valence-electron chi connectivity index (χ4n) is 1.44. The third kappa shape index (κ3) is 6.91. The molecule has 1 aromatic carbocycles. The molecule has 0 radical (unpaired) electrons. The maximum absolute atomic E-state index is 11.3. The lowest BCUT2D eigenvalue weighted by Crippen LogP contribution is -2.30. The number of nitro groups is 1. The zero-order valence-corrected chi connectivity index (χ0v) is 12.0. The quantitative estimate of drug-likeness (QED) is 0.380. The van der Waals surface area contributed by atoms with Crippen molar-refractivity contribution < 1.29 is 9.72 Å². The summed E-state index contributed by atoms with van der Waals surface area (Å²) >= 11 is 0. The van der Waals surface area contributed by atoms with E-state index in [1.54, 1.807) is 19.2 Å². The Bertz CT molecular complexity index is 425. The molecule has 112 valence electrons. The number of non-ortho nitro benzene ring substituents is 1. The van der Waals surface area contributed by atoms with Crippen molar-refractivity contribution in [3.63, 3.8) is 0 Å². The number of carbonyl (C=O) groups excluding carboxylic acids is 1. The zero-order chi connectivity index (χ0) is 14.1. The molecular formula is C12H19ClN4O3. The van der Waals surface area contributed by atoms with Crippen LogP contribution in [0.15, 0.2) is 24.3 Å². The number of rotatable bonds is 8. The fraction of sp³-hybridized carbons (Fsp3) is 0.417. The second kappa shape index (κ2) is 9.99. The first-order valence-electron chi connectivity index (χ1n) is 6.03. The van der Waals surface area contributed by atoms with Gasteiger partial charge in [-0.3, -0.25) is 14.9 Å². The Hall–Kier alpha value is -1.86. The van der Waals surface area contributed by atoms with Crippen LogP contribution in [0.3, 0.4) is 0 Å². The van der Waals surface area contributed by atoms with Crippen LogP contribution >= 0.6 is 12.4 Å². The average Bonchev–Trinajstić information content (AvgIpc) is 2.41. The van der Waals surface area contributed by atoms with E-state index in [0.29, 0.717) is 26.1 Å². The van der Waals surface area contributed by atoms with E-state index in [1.807, 2.05) is 0 Å². The molecule has 1 aromatic rings. The molecule has 8 heteroatoms. The van der Waals surface area contributed by atoms with E-state index in [9.17, 15) is 14.9 Å². The molecule has 3 N–H and O–H groups in total. The van der Waals surface area contributed by atoms with E-state index < -0.39 is 4.92 Å². The molecule has 0 fully saturated rings.